The number of methoxy groups -OCH3 is 1. The molecular weight excluding hydrogens is 328 g/mol. The van der Waals surface area contributed by atoms with E-state index in [0.717, 1.165) is 17.7 Å². The highest BCUT2D eigenvalue weighted by Gasteiger charge is 2.28. The van der Waals surface area contributed by atoms with Crippen LogP contribution in [0.4, 0.5) is 5.69 Å². The molecule has 1 unspecified atom stereocenters. The summed E-state index contributed by atoms with van der Waals surface area (Å²) in [7, 11) is -0.0660. The topological polar surface area (TPSA) is 83.0 Å². The van der Waals surface area contributed by atoms with Gasteiger partial charge in [-0.1, -0.05) is 18.2 Å². The number of benzene rings is 1. The molecule has 2 rings (SSSR count). The Morgan fingerprint density at radius 1 is 1.42 bits per heavy atom. The average molecular weight is 354 g/mol. The molecule has 1 aliphatic rings. The molecule has 0 bridgehead atoms. The third kappa shape index (κ3) is 4.61. The van der Waals surface area contributed by atoms with Gasteiger partial charge in [0.15, 0.2) is 5.96 Å². The number of aliphatic imine (C=N–C) groups is 1. The largest absolute Gasteiger partial charge is 0.383 e. The van der Waals surface area contributed by atoms with Crippen LogP contribution in [0, 0.1) is 0 Å². The van der Waals surface area contributed by atoms with Crippen molar-refractivity contribution in [3.8, 4) is 0 Å². The molecule has 8 heteroatoms. The number of nitrogens with one attached hydrogen (secondary N) is 2. The van der Waals surface area contributed by atoms with E-state index in [9.17, 15) is 8.42 Å². The van der Waals surface area contributed by atoms with Crippen LogP contribution in [0.3, 0.4) is 0 Å². The van der Waals surface area contributed by atoms with Gasteiger partial charge in [0.1, 0.15) is 0 Å². The smallest absolute Gasteiger partial charge is 0.236 e. The van der Waals surface area contributed by atoms with E-state index < -0.39 is 10.0 Å². The molecule has 1 atom stereocenters. The van der Waals surface area contributed by atoms with Crippen LogP contribution in [-0.2, 0) is 21.2 Å². The Morgan fingerprint density at radius 2 is 2.17 bits per heavy atom. The fourth-order valence-corrected chi connectivity index (χ4v) is 4.15. The van der Waals surface area contributed by atoms with Gasteiger partial charge in [0, 0.05) is 33.3 Å². The Balaban J connectivity index is 1.89. The third-order valence-corrected chi connectivity index (χ3v) is 5.63. The van der Waals surface area contributed by atoms with Gasteiger partial charge >= 0.3 is 0 Å². The van der Waals surface area contributed by atoms with E-state index in [0.29, 0.717) is 25.7 Å². The Morgan fingerprint density at radius 3 is 2.88 bits per heavy atom. The third-order valence-electron chi connectivity index (χ3n) is 3.86. The van der Waals surface area contributed by atoms with Gasteiger partial charge in [0.2, 0.25) is 10.0 Å². The van der Waals surface area contributed by atoms with Crippen molar-refractivity contribution >= 4 is 21.7 Å². The zero-order valence-corrected chi connectivity index (χ0v) is 15.3. The molecule has 7 nitrogen and oxygen atoms in total. The summed E-state index contributed by atoms with van der Waals surface area (Å²) in [5.74, 6) is 0.581. The van der Waals surface area contributed by atoms with Gasteiger partial charge < -0.3 is 15.4 Å². The Kier molecular flexibility index (Phi) is 6.44. The number of fused-ring (bicyclic) bond motifs is 1. The molecule has 0 aliphatic carbocycles. The molecule has 0 spiro atoms. The van der Waals surface area contributed by atoms with Crippen molar-refractivity contribution in [2.75, 3.05) is 43.9 Å². The number of para-hydroxylation sites is 1. The fourth-order valence-electron chi connectivity index (χ4n) is 2.73. The summed E-state index contributed by atoms with van der Waals surface area (Å²) >= 11 is 0. The summed E-state index contributed by atoms with van der Waals surface area (Å²) in [4.78, 5) is 4.09. The second kappa shape index (κ2) is 8.34. The monoisotopic (exact) mass is 354 g/mol. The SMILES string of the molecule is CN=C(NCCS(=O)(=O)N1CCc2ccccc21)NC(C)COC. The molecule has 0 saturated carbocycles. The molecule has 1 aromatic carbocycles. The van der Waals surface area contributed by atoms with E-state index >= 15 is 0 Å². The molecule has 0 amide bonds. The number of sulfonamides is 1. The van der Waals surface area contributed by atoms with E-state index in [-0.39, 0.29) is 11.8 Å². The Labute approximate surface area is 144 Å². The summed E-state index contributed by atoms with van der Waals surface area (Å²) in [6, 6.07) is 7.73. The number of hydrogen-bond acceptors (Lipinski definition) is 4. The molecule has 0 radical (unpaired) electrons. The van der Waals surface area contributed by atoms with Crippen LogP contribution in [0.1, 0.15) is 12.5 Å². The molecular formula is C16H26N4O3S. The number of ether oxygens (including phenoxy) is 1. The van der Waals surface area contributed by atoms with Gasteiger partial charge in [0.05, 0.1) is 18.0 Å². The first-order valence-electron chi connectivity index (χ1n) is 8.02. The zero-order chi connectivity index (χ0) is 17.6. The maximum absolute atomic E-state index is 12.6. The van der Waals surface area contributed by atoms with E-state index in [2.05, 4.69) is 15.6 Å². The number of anilines is 1. The highest BCUT2D eigenvalue weighted by Crippen LogP contribution is 2.29. The van der Waals surface area contributed by atoms with Gasteiger partial charge in [0.25, 0.3) is 0 Å². The summed E-state index contributed by atoms with van der Waals surface area (Å²) in [5.41, 5.74) is 1.88. The summed E-state index contributed by atoms with van der Waals surface area (Å²) < 4.78 is 31.8. The molecule has 0 aromatic heterocycles. The molecule has 1 heterocycles. The molecule has 0 fully saturated rings. The van der Waals surface area contributed by atoms with Crippen molar-refractivity contribution < 1.29 is 13.2 Å². The number of hydrogen-bond donors (Lipinski definition) is 2. The van der Waals surface area contributed by atoms with Crippen molar-refractivity contribution in [3.05, 3.63) is 29.8 Å². The summed E-state index contributed by atoms with van der Waals surface area (Å²) in [5, 5.41) is 6.18. The van der Waals surface area contributed by atoms with Crippen molar-refractivity contribution in [1.29, 1.82) is 0 Å². The molecule has 24 heavy (non-hydrogen) atoms. The van der Waals surface area contributed by atoms with Crippen LogP contribution >= 0.6 is 0 Å². The van der Waals surface area contributed by atoms with Crippen molar-refractivity contribution in [2.45, 2.75) is 19.4 Å². The lowest BCUT2D eigenvalue weighted by Crippen LogP contribution is -2.46. The predicted octanol–water partition coefficient (Wildman–Crippen LogP) is 0.579. The second-order valence-electron chi connectivity index (χ2n) is 5.77. The van der Waals surface area contributed by atoms with Crippen molar-refractivity contribution in [1.82, 2.24) is 10.6 Å². The quantitative estimate of drug-likeness (QED) is 0.553. The molecule has 0 saturated heterocycles. The maximum Gasteiger partial charge on any atom is 0.236 e. The lowest BCUT2D eigenvalue weighted by molar-refractivity contribution is 0.179. The average Bonchev–Trinajstić information content (AvgIpc) is 2.99. The summed E-state index contributed by atoms with van der Waals surface area (Å²) in [6.45, 7) is 3.32. The van der Waals surface area contributed by atoms with Gasteiger partial charge in [-0.2, -0.15) is 0 Å². The highest BCUT2D eigenvalue weighted by atomic mass is 32.2. The first kappa shape index (κ1) is 18.5. The normalized spacial score (nSPS) is 16.0. The van der Waals surface area contributed by atoms with Crippen LogP contribution in [0.5, 0.6) is 0 Å². The molecule has 1 aromatic rings. The molecule has 134 valence electrons. The Hall–Kier alpha value is -1.80. The minimum Gasteiger partial charge on any atom is -0.383 e. The first-order valence-corrected chi connectivity index (χ1v) is 9.63. The van der Waals surface area contributed by atoms with Crippen LogP contribution in [0.15, 0.2) is 29.3 Å². The van der Waals surface area contributed by atoms with Gasteiger partial charge in [-0.3, -0.25) is 9.30 Å². The van der Waals surface area contributed by atoms with Crippen LogP contribution in [0.2, 0.25) is 0 Å². The van der Waals surface area contributed by atoms with Crippen LogP contribution < -0.4 is 14.9 Å². The second-order valence-corrected chi connectivity index (χ2v) is 7.78. The van der Waals surface area contributed by atoms with E-state index in [1.807, 2.05) is 31.2 Å². The van der Waals surface area contributed by atoms with Gasteiger partial charge in [-0.05, 0) is 25.0 Å². The first-order chi connectivity index (χ1) is 11.5. The maximum atomic E-state index is 12.6. The van der Waals surface area contributed by atoms with Crippen LogP contribution in [0.25, 0.3) is 0 Å². The van der Waals surface area contributed by atoms with E-state index in [4.69, 9.17) is 4.74 Å². The van der Waals surface area contributed by atoms with Crippen LogP contribution in [-0.4, -0.2) is 60.0 Å². The minimum atomic E-state index is -3.35. The number of guanidine groups is 1. The standard InChI is InChI=1S/C16H26N4O3S/c1-13(12-23-3)19-16(17-2)18-9-11-24(21,22)20-10-8-14-6-4-5-7-15(14)20/h4-7,13H,8-12H2,1-3H3,(H2,17,18,19). The van der Waals surface area contributed by atoms with E-state index in [1.54, 1.807) is 14.2 Å². The number of nitrogens with zero attached hydrogens (tertiary/aromatic N) is 2. The number of rotatable bonds is 7. The van der Waals surface area contributed by atoms with Crippen molar-refractivity contribution in [2.24, 2.45) is 4.99 Å². The van der Waals surface area contributed by atoms with Gasteiger partial charge in [-0.25, -0.2) is 8.42 Å². The van der Waals surface area contributed by atoms with E-state index in [1.165, 1.54) is 4.31 Å². The van der Waals surface area contributed by atoms with Gasteiger partial charge in [-0.15, -0.1) is 0 Å². The lowest BCUT2D eigenvalue weighted by atomic mass is 10.2. The molecule has 1 aliphatic heterocycles. The minimum absolute atomic E-state index is 0.0146. The molecule has 2 N–H and O–H groups in total. The predicted molar refractivity (Wildman–Crippen MR) is 97.1 cm³/mol. The summed E-state index contributed by atoms with van der Waals surface area (Å²) in [6.07, 6.45) is 0.764. The Bertz CT molecular complexity index is 676. The van der Waals surface area contributed by atoms with Crippen molar-refractivity contribution in [3.63, 3.8) is 0 Å². The zero-order valence-electron chi connectivity index (χ0n) is 14.4. The lowest BCUT2D eigenvalue weighted by Gasteiger charge is -2.21. The fraction of sp³-hybridized carbons (Fsp3) is 0.562. The highest BCUT2D eigenvalue weighted by molar-refractivity contribution is 7.92.